The first-order valence-corrected chi connectivity index (χ1v) is 6.57. The molecular formula is C13H25NO3. The van der Waals surface area contributed by atoms with Crippen LogP contribution in [0.2, 0.25) is 0 Å². The van der Waals surface area contributed by atoms with Crippen molar-refractivity contribution in [2.45, 2.75) is 26.7 Å². The van der Waals surface area contributed by atoms with Crippen LogP contribution in [-0.4, -0.2) is 50.8 Å². The number of carbonyl (C=O) groups excluding carboxylic acids is 1. The lowest BCUT2D eigenvalue weighted by Crippen LogP contribution is -2.27. The van der Waals surface area contributed by atoms with Gasteiger partial charge in [0.25, 0.3) is 0 Å². The third-order valence-electron chi connectivity index (χ3n) is 3.39. The van der Waals surface area contributed by atoms with Gasteiger partial charge in [-0.05, 0) is 12.3 Å². The summed E-state index contributed by atoms with van der Waals surface area (Å²) < 4.78 is 10.3. The summed E-state index contributed by atoms with van der Waals surface area (Å²) in [4.78, 5) is 13.8. The number of nitrogens with zero attached hydrogens (tertiary/aromatic N) is 1. The topological polar surface area (TPSA) is 38.8 Å². The van der Waals surface area contributed by atoms with E-state index in [0.29, 0.717) is 5.92 Å². The Morgan fingerprint density at radius 3 is 2.76 bits per heavy atom. The molecule has 0 aromatic carbocycles. The summed E-state index contributed by atoms with van der Waals surface area (Å²) >= 11 is 0. The van der Waals surface area contributed by atoms with Crippen molar-refractivity contribution >= 4 is 5.97 Å². The number of methoxy groups -OCH3 is 1. The van der Waals surface area contributed by atoms with Gasteiger partial charge in [-0.15, -0.1) is 0 Å². The lowest BCUT2D eigenvalue weighted by Gasteiger charge is -2.15. The highest BCUT2D eigenvalue weighted by molar-refractivity contribution is 5.73. The largest absolute Gasteiger partial charge is 0.469 e. The van der Waals surface area contributed by atoms with Crippen molar-refractivity contribution in [2.75, 3.05) is 40.0 Å². The summed E-state index contributed by atoms with van der Waals surface area (Å²) in [6.07, 6.45) is 2.30. The molecule has 2 atom stereocenters. The first-order chi connectivity index (χ1) is 8.19. The van der Waals surface area contributed by atoms with E-state index in [1.165, 1.54) is 13.5 Å². The Hall–Kier alpha value is -0.610. The summed E-state index contributed by atoms with van der Waals surface area (Å²) in [5.74, 6) is 0.348. The average molecular weight is 243 g/mol. The van der Waals surface area contributed by atoms with Gasteiger partial charge in [-0.3, -0.25) is 9.69 Å². The highest BCUT2D eigenvalue weighted by atomic mass is 16.5. The molecule has 1 rings (SSSR count). The third kappa shape index (κ3) is 4.64. The minimum absolute atomic E-state index is 0.0376. The fourth-order valence-corrected chi connectivity index (χ4v) is 2.25. The molecule has 1 aliphatic rings. The Morgan fingerprint density at radius 2 is 2.12 bits per heavy atom. The van der Waals surface area contributed by atoms with Crippen LogP contribution in [0.15, 0.2) is 0 Å². The van der Waals surface area contributed by atoms with Crippen molar-refractivity contribution in [1.82, 2.24) is 4.90 Å². The van der Waals surface area contributed by atoms with Gasteiger partial charge >= 0.3 is 5.97 Å². The number of rotatable bonds is 7. The molecule has 1 fully saturated rings. The molecule has 0 bridgehead atoms. The predicted octanol–water partition coefficient (Wildman–Crippen LogP) is 1.54. The van der Waals surface area contributed by atoms with Crippen LogP contribution in [-0.2, 0) is 14.3 Å². The molecule has 0 radical (unpaired) electrons. The number of unbranched alkanes of at least 4 members (excludes halogenated alkanes) is 1. The Balaban J connectivity index is 2.18. The van der Waals surface area contributed by atoms with Crippen LogP contribution in [0.1, 0.15) is 26.7 Å². The Kier molecular flexibility index (Phi) is 6.52. The maximum Gasteiger partial charge on any atom is 0.310 e. The molecule has 0 spiro atoms. The molecular weight excluding hydrogens is 218 g/mol. The zero-order valence-electron chi connectivity index (χ0n) is 11.3. The number of hydrogen-bond donors (Lipinski definition) is 0. The van der Waals surface area contributed by atoms with Gasteiger partial charge in [0.05, 0.1) is 19.6 Å². The summed E-state index contributed by atoms with van der Waals surface area (Å²) in [6.45, 7) is 8.58. The standard InChI is InChI=1S/C13H25NO3/c1-4-5-7-17-8-6-14-9-11(2)12(10-14)13(15)16-3/h11-12H,4-10H2,1-3H3. The van der Waals surface area contributed by atoms with E-state index in [9.17, 15) is 4.79 Å². The molecule has 2 unspecified atom stereocenters. The smallest absolute Gasteiger partial charge is 0.310 e. The van der Waals surface area contributed by atoms with Crippen LogP contribution >= 0.6 is 0 Å². The molecule has 4 heteroatoms. The molecule has 1 saturated heterocycles. The van der Waals surface area contributed by atoms with Crippen LogP contribution in [0.25, 0.3) is 0 Å². The number of ether oxygens (including phenoxy) is 2. The highest BCUT2D eigenvalue weighted by Crippen LogP contribution is 2.23. The minimum Gasteiger partial charge on any atom is -0.469 e. The second-order valence-corrected chi connectivity index (χ2v) is 4.83. The summed E-state index contributed by atoms with van der Waals surface area (Å²) in [7, 11) is 1.46. The predicted molar refractivity (Wildman–Crippen MR) is 66.8 cm³/mol. The molecule has 4 nitrogen and oxygen atoms in total. The van der Waals surface area contributed by atoms with E-state index < -0.39 is 0 Å². The third-order valence-corrected chi connectivity index (χ3v) is 3.39. The molecule has 0 aromatic heterocycles. The molecule has 0 aromatic rings. The van der Waals surface area contributed by atoms with E-state index in [0.717, 1.165) is 39.3 Å². The van der Waals surface area contributed by atoms with Gasteiger partial charge in [-0.1, -0.05) is 20.3 Å². The maximum atomic E-state index is 11.5. The second-order valence-electron chi connectivity index (χ2n) is 4.83. The van der Waals surface area contributed by atoms with Gasteiger partial charge < -0.3 is 9.47 Å². The van der Waals surface area contributed by atoms with Crippen molar-refractivity contribution in [2.24, 2.45) is 11.8 Å². The first-order valence-electron chi connectivity index (χ1n) is 6.57. The molecule has 1 heterocycles. The van der Waals surface area contributed by atoms with Crippen LogP contribution < -0.4 is 0 Å². The van der Waals surface area contributed by atoms with Crippen LogP contribution in [0.5, 0.6) is 0 Å². The Morgan fingerprint density at radius 1 is 1.35 bits per heavy atom. The van der Waals surface area contributed by atoms with Crippen molar-refractivity contribution in [1.29, 1.82) is 0 Å². The molecule has 0 aliphatic carbocycles. The molecule has 17 heavy (non-hydrogen) atoms. The van der Waals surface area contributed by atoms with E-state index in [2.05, 4.69) is 18.7 Å². The zero-order chi connectivity index (χ0) is 12.7. The molecule has 1 aliphatic heterocycles. The normalized spacial score (nSPS) is 25.1. The molecule has 0 saturated carbocycles. The minimum atomic E-state index is -0.0769. The van der Waals surface area contributed by atoms with E-state index in [4.69, 9.17) is 9.47 Å². The number of likely N-dealkylation sites (tertiary alicyclic amines) is 1. The number of hydrogen-bond acceptors (Lipinski definition) is 4. The lowest BCUT2D eigenvalue weighted by molar-refractivity contribution is -0.146. The van der Waals surface area contributed by atoms with E-state index >= 15 is 0 Å². The lowest BCUT2D eigenvalue weighted by atomic mass is 9.99. The van der Waals surface area contributed by atoms with E-state index in [1.807, 2.05) is 0 Å². The van der Waals surface area contributed by atoms with Gasteiger partial charge in [-0.25, -0.2) is 0 Å². The SMILES string of the molecule is CCCCOCCN1CC(C)C(C(=O)OC)C1. The average Bonchev–Trinajstić information content (AvgIpc) is 2.69. The summed E-state index contributed by atoms with van der Waals surface area (Å²) in [5, 5.41) is 0. The fraction of sp³-hybridized carbons (Fsp3) is 0.923. The van der Waals surface area contributed by atoms with Crippen LogP contribution in [0, 0.1) is 11.8 Å². The van der Waals surface area contributed by atoms with Crippen molar-refractivity contribution < 1.29 is 14.3 Å². The highest BCUT2D eigenvalue weighted by Gasteiger charge is 2.35. The molecule has 100 valence electrons. The summed E-state index contributed by atoms with van der Waals surface area (Å²) in [5.41, 5.74) is 0. The van der Waals surface area contributed by atoms with Gasteiger partial charge in [-0.2, -0.15) is 0 Å². The van der Waals surface area contributed by atoms with Gasteiger partial charge in [0, 0.05) is 26.2 Å². The Labute approximate surface area is 104 Å². The number of esters is 1. The van der Waals surface area contributed by atoms with Gasteiger partial charge in [0.15, 0.2) is 0 Å². The molecule has 0 amide bonds. The second kappa shape index (κ2) is 7.67. The molecule has 0 N–H and O–H groups in total. The maximum absolute atomic E-state index is 11.5. The zero-order valence-corrected chi connectivity index (χ0v) is 11.3. The monoisotopic (exact) mass is 243 g/mol. The van der Waals surface area contributed by atoms with Crippen molar-refractivity contribution in [3.05, 3.63) is 0 Å². The van der Waals surface area contributed by atoms with Crippen molar-refractivity contribution in [3.8, 4) is 0 Å². The Bertz CT molecular complexity index is 233. The first kappa shape index (κ1) is 14.5. The number of carbonyl (C=O) groups is 1. The van der Waals surface area contributed by atoms with Gasteiger partial charge in [0.1, 0.15) is 0 Å². The van der Waals surface area contributed by atoms with E-state index in [-0.39, 0.29) is 11.9 Å². The van der Waals surface area contributed by atoms with Gasteiger partial charge in [0.2, 0.25) is 0 Å². The van der Waals surface area contributed by atoms with Crippen LogP contribution in [0.4, 0.5) is 0 Å². The van der Waals surface area contributed by atoms with Crippen molar-refractivity contribution in [3.63, 3.8) is 0 Å². The quantitative estimate of drug-likeness (QED) is 0.502. The summed E-state index contributed by atoms with van der Waals surface area (Å²) in [6, 6.07) is 0. The van der Waals surface area contributed by atoms with Crippen LogP contribution in [0.3, 0.4) is 0 Å². The van der Waals surface area contributed by atoms with E-state index in [1.54, 1.807) is 0 Å². The fourth-order valence-electron chi connectivity index (χ4n) is 2.25.